The lowest BCUT2D eigenvalue weighted by molar-refractivity contribution is -0.141. The van der Waals surface area contributed by atoms with Crippen LogP contribution in [0.25, 0.3) is 0 Å². The summed E-state index contributed by atoms with van der Waals surface area (Å²) in [7, 11) is 0. The number of nitrogens with one attached hydrogen (secondary N) is 1. The molecule has 0 radical (unpaired) electrons. The topological polar surface area (TPSA) is 58.6 Å². The smallest absolute Gasteiger partial charge is 0.242 e. The van der Waals surface area contributed by atoms with Crippen molar-refractivity contribution in [2.24, 2.45) is 5.92 Å². The van der Waals surface area contributed by atoms with Gasteiger partial charge in [-0.15, -0.1) is 0 Å². The van der Waals surface area contributed by atoms with Gasteiger partial charge >= 0.3 is 0 Å². The summed E-state index contributed by atoms with van der Waals surface area (Å²) < 4.78 is 5.76. The first-order valence-electron chi connectivity index (χ1n) is 11.3. The maximum Gasteiger partial charge on any atom is 0.242 e. The second-order valence-electron chi connectivity index (χ2n) is 8.44. The Morgan fingerprint density at radius 3 is 2.41 bits per heavy atom. The third-order valence-electron chi connectivity index (χ3n) is 5.19. The first-order valence-corrected chi connectivity index (χ1v) is 11.7. The van der Waals surface area contributed by atoms with E-state index in [4.69, 9.17) is 16.3 Å². The van der Waals surface area contributed by atoms with Gasteiger partial charge in [0.25, 0.3) is 0 Å². The number of aryl methyl sites for hydroxylation is 1. The van der Waals surface area contributed by atoms with E-state index >= 15 is 0 Å². The molecule has 1 atom stereocenters. The summed E-state index contributed by atoms with van der Waals surface area (Å²) in [5, 5.41) is 3.56. The molecule has 174 valence electrons. The number of carbonyl (C=O) groups is 2. The van der Waals surface area contributed by atoms with Crippen molar-refractivity contribution in [2.75, 3.05) is 13.2 Å². The van der Waals surface area contributed by atoms with Crippen molar-refractivity contribution < 1.29 is 14.3 Å². The number of carbonyl (C=O) groups excluding carboxylic acids is 2. The molecule has 0 saturated heterocycles. The Balaban J connectivity index is 2.05. The number of nitrogens with zero attached hydrogens (tertiary/aromatic N) is 1. The van der Waals surface area contributed by atoms with E-state index in [1.54, 1.807) is 11.0 Å². The summed E-state index contributed by atoms with van der Waals surface area (Å²) in [5.74, 6) is 0.917. The number of hydrogen-bond donors (Lipinski definition) is 1. The van der Waals surface area contributed by atoms with Crippen molar-refractivity contribution in [1.82, 2.24) is 10.2 Å². The Morgan fingerprint density at radius 2 is 1.78 bits per heavy atom. The van der Waals surface area contributed by atoms with Crippen molar-refractivity contribution in [3.8, 4) is 5.75 Å². The summed E-state index contributed by atoms with van der Waals surface area (Å²) in [6.07, 6.45) is 1.39. The van der Waals surface area contributed by atoms with Gasteiger partial charge in [0, 0.05) is 24.5 Å². The predicted octanol–water partition coefficient (Wildman–Crippen LogP) is 5.39. The quantitative estimate of drug-likeness (QED) is 0.434. The number of benzene rings is 2. The maximum absolute atomic E-state index is 13.2. The second kappa shape index (κ2) is 13.1. The van der Waals surface area contributed by atoms with E-state index < -0.39 is 6.04 Å². The number of hydrogen-bond acceptors (Lipinski definition) is 3. The molecule has 6 heteroatoms. The fourth-order valence-corrected chi connectivity index (χ4v) is 3.54. The molecule has 0 unspecified atom stereocenters. The normalized spacial score (nSPS) is 11.8. The molecule has 0 spiro atoms. The van der Waals surface area contributed by atoms with Gasteiger partial charge in [-0.2, -0.15) is 0 Å². The molecule has 32 heavy (non-hydrogen) atoms. The van der Waals surface area contributed by atoms with Crippen LogP contribution in [0.2, 0.25) is 5.02 Å². The zero-order chi connectivity index (χ0) is 23.5. The molecule has 0 aromatic heterocycles. The van der Waals surface area contributed by atoms with Gasteiger partial charge in [-0.1, -0.05) is 68.3 Å². The minimum absolute atomic E-state index is 0.0797. The highest BCUT2D eigenvalue weighted by atomic mass is 35.5. The van der Waals surface area contributed by atoms with Crippen molar-refractivity contribution >= 4 is 23.4 Å². The highest BCUT2D eigenvalue weighted by molar-refractivity contribution is 6.31. The van der Waals surface area contributed by atoms with Crippen molar-refractivity contribution in [2.45, 2.75) is 59.5 Å². The predicted molar refractivity (Wildman–Crippen MR) is 130 cm³/mol. The maximum atomic E-state index is 13.2. The van der Waals surface area contributed by atoms with Crippen LogP contribution in [0.3, 0.4) is 0 Å². The third-order valence-corrected chi connectivity index (χ3v) is 5.56. The lowest BCUT2D eigenvalue weighted by atomic mass is 10.1. The van der Waals surface area contributed by atoms with E-state index in [9.17, 15) is 9.59 Å². The fraction of sp³-hybridized carbons (Fsp3) is 0.462. The highest BCUT2D eigenvalue weighted by Gasteiger charge is 2.28. The summed E-state index contributed by atoms with van der Waals surface area (Å²) >= 11 is 6.35. The summed E-state index contributed by atoms with van der Waals surface area (Å²) in [5.41, 5.74) is 2.00. The van der Waals surface area contributed by atoms with Crippen LogP contribution in [0.5, 0.6) is 5.75 Å². The van der Waals surface area contributed by atoms with Crippen LogP contribution in [0.1, 0.15) is 51.2 Å². The van der Waals surface area contributed by atoms with Gasteiger partial charge in [-0.25, -0.2) is 0 Å². The van der Waals surface area contributed by atoms with Gasteiger partial charge in [-0.3, -0.25) is 9.59 Å². The average Bonchev–Trinajstić information content (AvgIpc) is 2.77. The van der Waals surface area contributed by atoms with E-state index in [0.717, 1.165) is 11.3 Å². The first kappa shape index (κ1) is 25.7. The highest BCUT2D eigenvalue weighted by Crippen LogP contribution is 2.21. The van der Waals surface area contributed by atoms with Gasteiger partial charge in [0.15, 0.2) is 0 Å². The van der Waals surface area contributed by atoms with Gasteiger partial charge < -0.3 is 15.0 Å². The van der Waals surface area contributed by atoms with E-state index in [2.05, 4.69) is 5.32 Å². The van der Waals surface area contributed by atoms with E-state index in [1.807, 2.05) is 70.2 Å². The molecule has 0 bridgehead atoms. The minimum Gasteiger partial charge on any atom is -0.494 e. The van der Waals surface area contributed by atoms with Crippen LogP contribution in [-0.2, 0) is 16.1 Å². The van der Waals surface area contributed by atoms with Crippen LogP contribution in [-0.4, -0.2) is 35.9 Å². The lowest BCUT2D eigenvalue weighted by Gasteiger charge is -2.31. The molecule has 0 fully saturated rings. The molecule has 0 aliphatic carbocycles. The van der Waals surface area contributed by atoms with E-state index in [0.29, 0.717) is 49.9 Å². The first-order chi connectivity index (χ1) is 15.3. The third kappa shape index (κ3) is 8.19. The Labute approximate surface area is 197 Å². The number of amides is 2. The number of ether oxygens (including phenoxy) is 1. The Kier molecular flexibility index (Phi) is 10.5. The van der Waals surface area contributed by atoms with Gasteiger partial charge in [-0.05, 0) is 49.4 Å². The van der Waals surface area contributed by atoms with Crippen LogP contribution >= 0.6 is 11.6 Å². The molecule has 1 N–H and O–H groups in total. The summed E-state index contributed by atoms with van der Waals surface area (Å²) in [4.78, 5) is 27.7. The largest absolute Gasteiger partial charge is 0.494 e. The fourth-order valence-electron chi connectivity index (χ4n) is 3.34. The molecule has 0 aliphatic heterocycles. The zero-order valence-corrected chi connectivity index (χ0v) is 20.3. The molecule has 2 aromatic rings. The molecule has 0 heterocycles. The molecule has 0 saturated carbocycles. The Morgan fingerprint density at radius 1 is 1.09 bits per heavy atom. The molecule has 2 amide bonds. The minimum atomic E-state index is -0.546. The van der Waals surface area contributed by atoms with E-state index in [-0.39, 0.29) is 11.8 Å². The second-order valence-corrected chi connectivity index (χ2v) is 8.85. The molecule has 2 rings (SSSR count). The van der Waals surface area contributed by atoms with Gasteiger partial charge in [0.2, 0.25) is 11.8 Å². The molecule has 0 aliphatic rings. The molecular weight excluding hydrogens is 424 g/mol. The van der Waals surface area contributed by atoms with Crippen molar-refractivity contribution in [3.05, 3.63) is 64.7 Å². The number of rotatable bonds is 12. The van der Waals surface area contributed by atoms with Crippen molar-refractivity contribution in [1.29, 1.82) is 0 Å². The molecular formula is C26H35ClN2O3. The standard InChI is InChI=1S/C26H35ClN2O3/c1-5-24(26(31)28-17-19(2)3)29(18-21-9-6-7-10-23(21)27)25(30)11-8-16-32-22-14-12-20(4)13-15-22/h6-7,9-10,12-15,19,24H,5,8,11,16-18H2,1-4H3,(H,28,31)/t24-/m0/s1. The van der Waals surface area contributed by atoms with Crippen molar-refractivity contribution in [3.63, 3.8) is 0 Å². The van der Waals surface area contributed by atoms with Crippen LogP contribution in [0, 0.1) is 12.8 Å². The monoisotopic (exact) mass is 458 g/mol. The SMILES string of the molecule is CC[C@@H](C(=O)NCC(C)C)N(Cc1ccccc1Cl)C(=O)CCCOc1ccc(C)cc1. The Bertz CT molecular complexity index is 868. The van der Waals surface area contributed by atoms with Crippen LogP contribution < -0.4 is 10.1 Å². The van der Waals surface area contributed by atoms with Gasteiger partial charge in [0.1, 0.15) is 11.8 Å². The van der Waals surface area contributed by atoms with E-state index in [1.165, 1.54) is 5.56 Å². The summed E-state index contributed by atoms with van der Waals surface area (Å²) in [6.45, 7) is 9.35. The lowest BCUT2D eigenvalue weighted by Crippen LogP contribution is -2.49. The van der Waals surface area contributed by atoms with Crippen LogP contribution in [0.15, 0.2) is 48.5 Å². The van der Waals surface area contributed by atoms with Gasteiger partial charge in [0.05, 0.1) is 6.61 Å². The zero-order valence-electron chi connectivity index (χ0n) is 19.6. The Hall–Kier alpha value is -2.53. The van der Waals surface area contributed by atoms with Crippen LogP contribution in [0.4, 0.5) is 0 Å². The average molecular weight is 459 g/mol. The molecule has 5 nitrogen and oxygen atoms in total. The summed E-state index contributed by atoms with van der Waals surface area (Å²) in [6, 6.07) is 14.7. The molecule has 2 aromatic carbocycles. The number of halogens is 1.